The highest BCUT2D eigenvalue weighted by molar-refractivity contribution is 9.10. The predicted molar refractivity (Wildman–Crippen MR) is 105 cm³/mol. The number of benzene rings is 2. The van der Waals surface area contributed by atoms with Gasteiger partial charge in [-0.1, -0.05) is 57.3 Å². The Hall–Kier alpha value is -1.33. The fourth-order valence-corrected chi connectivity index (χ4v) is 4.58. The molecule has 0 aliphatic carbocycles. The lowest BCUT2D eigenvalue weighted by atomic mass is 9.98. The molecule has 0 atom stereocenters. The highest BCUT2D eigenvalue weighted by atomic mass is 79.9. The highest BCUT2D eigenvalue weighted by Crippen LogP contribution is 2.45. The number of rotatable bonds is 3. The van der Waals surface area contributed by atoms with Crippen molar-refractivity contribution in [2.45, 2.75) is 6.92 Å². The third kappa shape index (κ3) is 3.24. The summed E-state index contributed by atoms with van der Waals surface area (Å²) in [5.41, 5.74) is 3.34. The third-order valence-corrected chi connectivity index (χ3v) is 6.04. The van der Waals surface area contributed by atoms with Gasteiger partial charge in [-0.3, -0.25) is 0 Å². The van der Waals surface area contributed by atoms with Gasteiger partial charge in [-0.2, -0.15) is 0 Å². The van der Waals surface area contributed by atoms with E-state index in [1.807, 2.05) is 37.3 Å². The zero-order valence-corrected chi connectivity index (χ0v) is 16.4. The zero-order chi connectivity index (χ0) is 17.4. The molecule has 0 fully saturated rings. The Bertz CT molecular complexity index is 933. The summed E-state index contributed by atoms with van der Waals surface area (Å²) in [5, 5.41) is 10.5. The molecule has 0 saturated carbocycles. The van der Waals surface area contributed by atoms with Gasteiger partial charge in [0.05, 0.1) is 5.02 Å². The maximum absolute atomic E-state index is 11.6. The molecule has 6 heteroatoms. The van der Waals surface area contributed by atoms with Crippen LogP contribution >= 0.6 is 50.5 Å². The number of aromatic carboxylic acids is 1. The van der Waals surface area contributed by atoms with Crippen LogP contribution in [-0.2, 0) is 0 Å². The first-order valence-corrected chi connectivity index (χ1v) is 9.33. The summed E-state index contributed by atoms with van der Waals surface area (Å²) in [7, 11) is 0. The summed E-state index contributed by atoms with van der Waals surface area (Å²) in [6, 6.07) is 13.0. The van der Waals surface area contributed by atoms with Crippen LogP contribution < -0.4 is 0 Å². The second-order valence-electron chi connectivity index (χ2n) is 5.20. The molecule has 1 aromatic heterocycles. The molecule has 3 aromatic rings. The smallest absolute Gasteiger partial charge is 0.346 e. The summed E-state index contributed by atoms with van der Waals surface area (Å²) in [5.74, 6) is -0.938. The van der Waals surface area contributed by atoms with Crippen molar-refractivity contribution in [3.63, 3.8) is 0 Å². The molecule has 0 bridgehead atoms. The minimum absolute atomic E-state index is 0.314. The van der Waals surface area contributed by atoms with E-state index in [1.54, 1.807) is 12.1 Å². The molecular weight excluding hydrogens is 431 g/mol. The molecule has 0 aliphatic rings. The van der Waals surface area contributed by atoms with Gasteiger partial charge in [0.1, 0.15) is 4.88 Å². The van der Waals surface area contributed by atoms with Crippen LogP contribution in [0.1, 0.15) is 15.2 Å². The molecular formula is C18H11BrCl2O2S. The molecule has 1 N–H and O–H groups in total. The van der Waals surface area contributed by atoms with Gasteiger partial charge in [-0.25, -0.2) is 4.79 Å². The number of hydrogen-bond donors (Lipinski definition) is 1. The topological polar surface area (TPSA) is 37.3 Å². The SMILES string of the molecule is Cc1c(C(=O)O)sc(-c2ccc(Cl)cc2Cl)c1-c1ccc(Br)cc1. The summed E-state index contributed by atoms with van der Waals surface area (Å²) in [4.78, 5) is 12.7. The van der Waals surface area contributed by atoms with Gasteiger partial charge in [0.15, 0.2) is 0 Å². The van der Waals surface area contributed by atoms with Gasteiger partial charge in [0, 0.05) is 25.5 Å². The van der Waals surface area contributed by atoms with Crippen LogP contribution in [0.15, 0.2) is 46.9 Å². The molecule has 1 heterocycles. The van der Waals surface area contributed by atoms with E-state index in [1.165, 1.54) is 11.3 Å². The number of carbonyl (C=O) groups is 1. The molecule has 122 valence electrons. The van der Waals surface area contributed by atoms with Crippen molar-refractivity contribution in [1.29, 1.82) is 0 Å². The third-order valence-electron chi connectivity index (χ3n) is 3.65. The summed E-state index contributed by atoms with van der Waals surface area (Å²) >= 11 is 17.0. The van der Waals surface area contributed by atoms with E-state index < -0.39 is 5.97 Å². The Kier molecular flexibility index (Phi) is 5.02. The first-order valence-electron chi connectivity index (χ1n) is 6.96. The number of carboxylic acids is 1. The van der Waals surface area contributed by atoms with Crippen LogP contribution in [0, 0.1) is 6.92 Å². The van der Waals surface area contributed by atoms with Crippen LogP contribution in [0.5, 0.6) is 0 Å². The molecule has 0 saturated heterocycles. The molecule has 24 heavy (non-hydrogen) atoms. The summed E-state index contributed by atoms with van der Waals surface area (Å²) in [6.45, 7) is 1.82. The van der Waals surface area contributed by atoms with Crippen LogP contribution in [0.25, 0.3) is 21.6 Å². The molecule has 0 aliphatic heterocycles. The lowest BCUT2D eigenvalue weighted by Gasteiger charge is -2.08. The van der Waals surface area contributed by atoms with E-state index >= 15 is 0 Å². The van der Waals surface area contributed by atoms with Crippen molar-refractivity contribution in [1.82, 2.24) is 0 Å². The molecule has 0 spiro atoms. The van der Waals surface area contributed by atoms with E-state index in [0.717, 1.165) is 31.6 Å². The standard InChI is InChI=1S/C18H11BrCl2O2S/c1-9-15(10-2-4-11(19)5-3-10)17(24-16(9)18(22)23)13-7-6-12(20)8-14(13)21/h2-8H,1H3,(H,22,23). The van der Waals surface area contributed by atoms with Gasteiger partial charge < -0.3 is 5.11 Å². The van der Waals surface area contributed by atoms with Gasteiger partial charge in [0.2, 0.25) is 0 Å². The normalized spacial score (nSPS) is 10.8. The quantitative estimate of drug-likeness (QED) is 0.468. The van der Waals surface area contributed by atoms with Crippen molar-refractivity contribution in [3.05, 3.63) is 67.4 Å². The van der Waals surface area contributed by atoms with E-state index in [-0.39, 0.29) is 0 Å². The van der Waals surface area contributed by atoms with E-state index in [2.05, 4.69) is 15.9 Å². The Labute approximate surface area is 161 Å². The molecule has 0 amide bonds. The minimum Gasteiger partial charge on any atom is -0.477 e. The van der Waals surface area contributed by atoms with Crippen LogP contribution in [0.3, 0.4) is 0 Å². The molecule has 3 rings (SSSR count). The maximum Gasteiger partial charge on any atom is 0.346 e. The Balaban J connectivity index is 2.30. The fraction of sp³-hybridized carbons (Fsp3) is 0.0556. The van der Waals surface area contributed by atoms with E-state index in [4.69, 9.17) is 23.2 Å². The molecule has 2 aromatic carbocycles. The zero-order valence-electron chi connectivity index (χ0n) is 12.4. The van der Waals surface area contributed by atoms with Crippen molar-refractivity contribution < 1.29 is 9.90 Å². The molecule has 0 unspecified atom stereocenters. The lowest BCUT2D eigenvalue weighted by molar-refractivity contribution is 0.0701. The van der Waals surface area contributed by atoms with Crippen molar-refractivity contribution >= 4 is 56.4 Å². The maximum atomic E-state index is 11.6. The Morgan fingerprint density at radius 3 is 2.38 bits per heavy atom. The first-order chi connectivity index (χ1) is 11.4. The largest absolute Gasteiger partial charge is 0.477 e. The van der Waals surface area contributed by atoms with Gasteiger partial charge >= 0.3 is 5.97 Å². The molecule has 2 nitrogen and oxygen atoms in total. The minimum atomic E-state index is -0.938. The van der Waals surface area contributed by atoms with Crippen molar-refractivity contribution in [2.75, 3.05) is 0 Å². The van der Waals surface area contributed by atoms with Gasteiger partial charge in [-0.15, -0.1) is 11.3 Å². The monoisotopic (exact) mass is 440 g/mol. The Morgan fingerprint density at radius 2 is 1.79 bits per heavy atom. The fourth-order valence-electron chi connectivity index (χ4n) is 2.54. The van der Waals surface area contributed by atoms with Crippen LogP contribution in [0.2, 0.25) is 10.0 Å². The van der Waals surface area contributed by atoms with Crippen LogP contribution in [0.4, 0.5) is 0 Å². The predicted octanol–water partition coefficient (Wildman–Crippen LogP) is 7.16. The number of hydrogen-bond acceptors (Lipinski definition) is 2. The summed E-state index contributed by atoms with van der Waals surface area (Å²) < 4.78 is 0.962. The Morgan fingerprint density at radius 1 is 1.12 bits per heavy atom. The second-order valence-corrected chi connectivity index (χ2v) is 7.98. The first kappa shape index (κ1) is 17.5. The van der Waals surface area contributed by atoms with E-state index in [9.17, 15) is 9.90 Å². The lowest BCUT2D eigenvalue weighted by Crippen LogP contribution is -1.94. The average molecular weight is 442 g/mol. The van der Waals surface area contributed by atoms with Gasteiger partial charge in [0.25, 0.3) is 0 Å². The average Bonchev–Trinajstić information content (AvgIpc) is 2.86. The van der Waals surface area contributed by atoms with E-state index in [0.29, 0.717) is 14.9 Å². The molecule has 0 radical (unpaired) electrons. The summed E-state index contributed by atoms with van der Waals surface area (Å²) in [6.07, 6.45) is 0. The number of halogens is 3. The van der Waals surface area contributed by atoms with Gasteiger partial charge in [-0.05, 0) is 42.3 Å². The van der Waals surface area contributed by atoms with Crippen molar-refractivity contribution in [2.24, 2.45) is 0 Å². The second kappa shape index (κ2) is 6.89. The van der Waals surface area contributed by atoms with Crippen molar-refractivity contribution in [3.8, 4) is 21.6 Å². The number of thiophene rings is 1. The number of carboxylic acid groups (broad SMARTS) is 1. The highest BCUT2D eigenvalue weighted by Gasteiger charge is 2.23. The van der Waals surface area contributed by atoms with Crippen LogP contribution in [-0.4, -0.2) is 11.1 Å².